The highest BCUT2D eigenvalue weighted by Crippen LogP contribution is 2.32. The molecule has 1 aromatic carbocycles. The predicted molar refractivity (Wildman–Crippen MR) is 81.6 cm³/mol. The molecular formula is C13H19Cl2NO3S. The quantitative estimate of drug-likeness (QED) is 0.896. The minimum absolute atomic E-state index is 0.0136. The fourth-order valence-electron chi connectivity index (χ4n) is 1.71. The number of halogens is 2. The number of benzene rings is 1. The Morgan fingerprint density at radius 2 is 1.80 bits per heavy atom. The number of hydrogen-bond donors (Lipinski definition) is 1. The van der Waals surface area contributed by atoms with E-state index in [9.17, 15) is 13.5 Å². The predicted octanol–water partition coefficient (Wildman–Crippen LogP) is 3.15. The van der Waals surface area contributed by atoms with Gasteiger partial charge in [0.05, 0.1) is 11.6 Å². The molecule has 0 aromatic heterocycles. The maximum absolute atomic E-state index is 12.6. The van der Waals surface area contributed by atoms with Gasteiger partial charge in [0, 0.05) is 18.1 Å². The summed E-state index contributed by atoms with van der Waals surface area (Å²) in [5, 5.41) is 9.46. The normalized spacial score (nSPS) is 14.1. The summed E-state index contributed by atoms with van der Waals surface area (Å²) in [7, 11) is -2.25. The maximum atomic E-state index is 12.6. The van der Waals surface area contributed by atoms with Gasteiger partial charge in [-0.3, -0.25) is 0 Å². The fourth-order valence-corrected chi connectivity index (χ4v) is 4.11. The van der Waals surface area contributed by atoms with E-state index in [0.29, 0.717) is 5.56 Å². The van der Waals surface area contributed by atoms with Crippen LogP contribution in [-0.4, -0.2) is 30.9 Å². The van der Waals surface area contributed by atoms with Gasteiger partial charge in [-0.2, -0.15) is 4.31 Å². The third kappa shape index (κ3) is 3.46. The minimum atomic E-state index is -3.76. The molecule has 0 saturated heterocycles. The van der Waals surface area contributed by atoms with E-state index in [4.69, 9.17) is 23.2 Å². The van der Waals surface area contributed by atoms with Gasteiger partial charge in [0.2, 0.25) is 10.0 Å². The fraction of sp³-hybridized carbons (Fsp3) is 0.538. The number of aliphatic hydroxyl groups excluding tert-OH is 1. The SMILES string of the molecule is CC(C)C(C)N(C)S(=O)(=O)c1cc(Cl)cc(CO)c1Cl. The van der Waals surface area contributed by atoms with Gasteiger partial charge in [0.25, 0.3) is 0 Å². The molecule has 0 aliphatic carbocycles. The topological polar surface area (TPSA) is 57.6 Å². The molecule has 0 aliphatic rings. The lowest BCUT2D eigenvalue weighted by Crippen LogP contribution is -2.38. The Balaban J connectivity index is 3.39. The Morgan fingerprint density at radius 1 is 1.25 bits per heavy atom. The summed E-state index contributed by atoms with van der Waals surface area (Å²) >= 11 is 12.0. The van der Waals surface area contributed by atoms with Crippen LogP contribution in [0.25, 0.3) is 0 Å². The van der Waals surface area contributed by atoms with Crippen LogP contribution in [-0.2, 0) is 16.6 Å². The van der Waals surface area contributed by atoms with Crippen molar-refractivity contribution in [3.05, 3.63) is 27.7 Å². The first-order chi connectivity index (χ1) is 9.12. The zero-order chi connectivity index (χ0) is 15.7. The minimum Gasteiger partial charge on any atom is -0.392 e. The van der Waals surface area contributed by atoms with Crippen molar-refractivity contribution < 1.29 is 13.5 Å². The van der Waals surface area contributed by atoms with E-state index in [1.54, 1.807) is 0 Å². The molecule has 7 heteroatoms. The Morgan fingerprint density at radius 3 is 2.25 bits per heavy atom. The highest BCUT2D eigenvalue weighted by atomic mass is 35.5. The van der Waals surface area contributed by atoms with Gasteiger partial charge < -0.3 is 5.11 Å². The van der Waals surface area contributed by atoms with E-state index in [1.165, 1.54) is 23.5 Å². The molecule has 1 unspecified atom stereocenters. The van der Waals surface area contributed by atoms with E-state index in [2.05, 4.69) is 0 Å². The first kappa shape index (κ1) is 17.7. The Bertz CT molecular complexity index is 588. The summed E-state index contributed by atoms with van der Waals surface area (Å²) in [4.78, 5) is -0.0780. The molecule has 1 aromatic rings. The molecule has 114 valence electrons. The summed E-state index contributed by atoms with van der Waals surface area (Å²) in [6.45, 7) is 5.34. The van der Waals surface area contributed by atoms with Crippen LogP contribution in [0.1, 0.15) is 26.3 Å². The second-order valence-electron chi connectivity index (χ2n) is 5.04. The summed E-state index contributed by atoms with van der Waals surface area (Å²) in [6.07, 6.45) is 0. The van der Waals surface area contributed by atoms with E-state index >= 15 is 0 Å². The summed E-state index contributed by atoms with van der Waals surface area (Å²) in [5.41, 5.74) is 0.295. The van der Waals surface area contributed by atoms with Crippen molar-refractivity contribution in [1.29, 1.82) is 0 Å². The lowest BCUT2D eigenvalue weighted by atomic mass is 10.1. The second kappa shape index (κ2) is 6.62. The van der Waals surface area contributed by atoms with Crippen molar-refractivity contribution in [2.45, 2.75) is 38.3 Å². The summed E-state index contributed by atoms with van der Waals surface area (Å²) in [5.74, 6) is 0.157. The lowest BCUT2D eigenvalue weighted by Gasteiger charge is -2.27. The van der Waals surface area contributed by atoms with Crippen molar-refractivity contribution in [3.8, 4) is 0 Å². The second-order valence-corrected chi connectivity index (χ2v) is 7.82. The molecule has 0 aliphatic heterocycles. The summed E-state index contributed by atoms with van der Waals surface area (Å²) < 4.78 is 26.5. The van der Waals surface area contributed by atoms with E-state index in [-0.39, 0.29) is 33.5 Å². The van der Waals surface area contributed by atoms with Crippen LogP contribution < -0.4 is 0 Å². The average Bonchev–Trinajstić information content (AvgIpc) is 2.38. The van der Waals surface area contributed by atoms with E-state index in [1.807, 2.05) is 20.8 Å². The van der Waals surface area contributed by atoms with Crippen molar-refractivity contribution in [2.75, 3.05) is 7.05 Å². The standard InChI is InChI=1S/C13H19Cl2NO3S/c1-8(2)9(3)16(4)20(18,19)12-6-11(14)5-10(7-17)13(12)15/h5-6,8-9,17H,7H2,1-4H3. The monoisotopic (exact) mass is 339 g/mol. The third-order valence-corrected chi connectivity index (χ3v) is 6.19. The van der Waals surface area contributed by atoms with Crippen LogP contribution in [0.15, 0.2) is 17.0 Å². The molecule has 1 rings (SSSR count). The molecule has 0 saturated carbocycles. The number of hydrogen-bond acceptors (Lipinski definition) is 3. The average molecular weight is 340 g/mol. The molecule has 0 fully saturated rings. The Kier molecular flexibility index (Phi) is 5.87. The Labute approximate surface area is 130 Å². The van der Waals surface area contributed by atoms with Crippen molar-refractivity contribution in [1.82, 2.24) is 4.31 Å². The van der Waals surface area contributed by atoms with Crippen molar-refractivity contribution in [2.24, 2.45) is 5.92 Å². The largest absolute Gasteiger partial charge is 0.392 e. The molecule has 0 spiro atoms. The van der Waals surface area contributed by atoms with Crippen LogP contribution >= 0.6 is 23.2 Å². The number of aliphatic hydroxyl groups is 1. The molecule has 4 nitrogen and oxygen atoms in total. The molecular weight excluding hydrogens is 321 g/mol. The zero-order valence-electron chi connectivity index (χ0n) is 11.9. The highest BCUT2D eigenvalue weighted by Gasteiger charge is 2.30. The third-order valence-electron chi connectivity index (χ3n) is 3.45. The number of rotatable bonds is 5. The number of nitrogens with zero attached hydrogens (tertiary/aromatic N) is 1. The number of sulfonamides is 1. The first-order valence-corrected chi connectivity index (χ1v) is 8.39. The van der Waals surface area contributed by atoms with E-state index in [0.717, 1.165) is 0 Å². The van der Waals surface area contributed by atoms with Gasteiger partial charge in [0.15, 0.2) is 0 Å². The van der Waals surface area contributed by atoms with Gasteiger partial charge in [-0.05, 0) is 30.5 Å². The van der Waals surface area contributed by atoms with E-state index < -0.39 is 10.0 Å². The van der Waals surface area contributed by atoms with Gasteiger partial charge in [0.1, 0.15) is 4.90 Å². The summed E-state index contributed by atoms with van der Waals surface area (Å²) in [6, 6.07) is 2.57. The smallest absolute Gasteiger partial charge is 0.244 e. The van der Waals surface area contributed by atoms with Gasteiger partial charge in [-0.25, -0.2) is 8.42 Å². The van der Waals surface area contributed by atoms with Crippen LogP contribution in [0.2, 0.25) is 10.0 Å². The molecule has 0 amide bonds. The molecule has 1 atom stereocenters. The van der Waals surface area contributed by atoms with Crippen LogP contribution in [0, 0.1) is 5.92 Å². The van der Waals surface area contributed by atoms with Gasteiger partial charge in [-0.1, -0.05) is 37.0 Å². The molecule has 20 heavy (non-hydrogen) atoms. The van der Waals surface area contributed by atoms with Crippen LogP contribution in [0.4, 0.5) is 0 Å². The lowest BCUT2D eigenvalue weighted by molar-refractivity contribution is 0.281. The molecule has 0 heterocycles. The Hall–Kier alpha value is -0.330. The zero-order valence-corrected chi connectivity index (χ0v) is 14.2. The van der Waals surface area contributed by atoms with Crippen molar-refractivity contribution in [3.63, 3.8) is 0 Å². The molecule has 1 N–H and O–H groups in total. The maximum Gasteiger partial charge on any atom is 0.244 e. The van der Waals surface area contributed by atoms with Crippen LogP contribution in [0.5, 0.6) is 0 Å². The highest BCUT2D eigenvalue weighted by molar-refractivity contribution is 7.89. The van der Waals surface area contributed by atoms with Gasteiger partial charge in [-0.15, -0.1) is 0 Å². The van der Waals surface area contributed by atoms with Crippen LogP contribution in [0.3, 0.4) is 0 Å². The first-order valence-electron chi connectivity index (χ1n) is 6.19. The molecule has 0 bridgehead atoms. The molecule has 0 radical (unpaired) electrons. The van der Waals surface area contributed by atoms with Crippen molar-refractivity contribution >= 4 is 33.2 Å². The van der Waals surface area contributed by atoms with Gasteiger partial charge >= 0.3 is 0 Å².